The third kappa shape index (κ3) is 1.92. The quantitative estimate of drug-likeness (QED) is 0.733. The Morgan fingerprint density at radius 1 is 1.25 bits per heavy atom. The summed E-state index contributed by atoms with van der Waals surface area (Å²) in [7, 11) is 0. The van der Waals surface area contributed by atoms with Crippen molar-refractivity contribution in [2.75, 3.05) is 0 Å². The lowest BCUT2D eigenvalue weighted by molar-refractivity contribution is -0.0789. The molecule has 130 valence electrons. The summed E-state index contributed by atoms with van der Waals surface area (Å²) in [6, 6.07) is 4.23. The Balaban J connectivity index is 1.78. The lowest BCUT2D eigenvalue weighted by atomic mass is 9.51. The van der Waals surface area contributed by atoms with Crippen molar-refractivity contribution in [3.63, 3.8) is 0 Å². The summed E-state index contributed by atoms with van der Waals surface area (Å²) in [5.74, 6) is 2.81. The Labute approximate surface area is 145 Å². The molecule has 0 bridgehead atoms. The zero-order valence-electron chi connectivity index (χ0n) is 15.2. The van der Waals surface area contributed by atoms with Crippen LogP contribution in [0.2, 0.25) is 0 Å². The number of aryl methyl sites for hydroxylation is 1. The van der Waals surface area contributed by atoms with E-state index in [4.69, 9.17) is 0 Å². The first-order chi connectivity index (χ1) is 11.3. The van der Waals surface area contributed by atoms with E-state index in [0.29, 0.717) is 29.4 Å². The molecule has 0 amide bonds. The summed E-state index contributed by atoms with van der Waals surface area (Å²) in [5.41, 5.74) is 3.06. The van der Waals surface area contributed by atoms with Gasteiger partial charge < -0.3 is 10.2 Å². The predicted molar refractivity (Wildman–Crippen MR) is 97.2 cm³/mol. The van der Waals surface area contributed by atoms with Gasteiger partial charge >= 0.3 is 0 Å². The summed E-state index contributed by atoms with van der Waals surface area (Å²) in [5, 5.41) is 21.3. The normalized spacial score (nSPS) is 43.7. The van der Waals surface area contributed by atoms with Crippen LogP contribution >= 0.6 is 0 Å². The van der Waals surface area contributed by atoms with Gasteiger partial charge in [0.1, 0.15) is 5.75 Å². The molecule has 2 N–H and O–H groups in total. The maximum Gasteiger partial charge on any atom is 0.118 e. The molecule has 2 heteroatoms. The number of hydrogen-bond acceptors (Lipinski definition) is 2. The maximum absolute atomic E-state index is 11.2. The molecule has 0 spiro atoms. The number of phenolic OH excluding ortho intramolecular Hbond substituents is 1. The highest BCUT2D eigenvalue weighted by atomic mass is 16.3. The van der Waals surface area contributed by atoms with E-state index >= 15 is 0 Å². The highest BCUT2D eigenvalue weighted by Gasteiger charge is 2.61. The molecule has 24 heavy (non-hydrogen) atoms. The maximum atomic E-state index is 11.2. The first kappa shape index (κ1) is 16.2. The molecule has 1 aromatic carbocycles. The van der Waals surface area contributed by atoms with Crippen LogP contribution in [-0.2, 0) is 6.42 Å². The lowest BCUT2D eigenvalue weighted by Gasteiger charge is -2.54. The van der Waals surface area contributed by atoms with Crippen LogP contribution in [0.1, 0.15) is 62.1 Å². The van der Waals surface area contributed by atoms with Crippen LogP contribution in [0.4, 0.5) is 0 Å². The van der Waals surface area contributed by atoms with Gasteiger partial charge in [-0.3, -0.25) is 0 Å². The second kappa shape index (κ2) is 5.11. The van der Waals surface area contributed by atoms with Crippen LogP contribution in [0.5, 0.6) is 5.75 Å². The third-order valence-electron chi connectivity index (χ3n) is 7.94. The lowest BCUT2D eigenvalue weighted by Crippen LogP contribution is -2.51. The molecule has 0 aromatic heterocycles. The number of aromatic hydroxyl groups is 1. The van der Waals surface area contributed by atoms with Crippen molar-refractivity contribution in [3.05, 3.63) is 41.5 Å². The Hall–Kier alpha value is -1.28. The second-order valence-corrected chi connectivity index (χ2v) is 8.93. The molecule has 0 saturated heterocycles. The second-order valence-electron chi connectivity index (χ2n) is 8.93. The van der Waals surface area contributed by atoms with Crippen molar-refractivity contribution in [1.82, 2.24) is 0 Å². The Kier molecular flexibility index (Phi) is 3.45. The minimum atomic E-state index is -0.701. The van der Waals surface area contributed by atoms with Gasteiger partial charge in [0, 0.05) is 5.41 Å². The Bertz CT molecular complexity index is 693. The van der Waals surface area contributed by atoms with Gasteiger partial charge in [-0.05, 0) is 85.5 Å². The smallest absolute Gasteiger partial charge is 0.118 e. The van der Waals surface area contributed by atoms with Gasteiger partial charge in [-0.1, -0.05) is 26.0 Å². The molecular weight excluding hydrogens is 296 g/mol. The molecule has 2 nitrogen and oxygen atoms in total. The number of aliphatic hydroxyl groups is 1. The largest absolute Gasteiger partial charge is 0.508 e. The van der Waals surface area contributed by atoms with Gasteiger partial charge in [0.05, 0.1) is 5.60 Å². The first-order valence-corrected chi connectivity index (χ1v) is 9.49. The molecule has 1 aromatic rings. The zero-order valence-corrected chi connectivity index (χ0v) is 15.2. The summed E-state index contributed by atoms with van der Waals surface area (Å²) >= 11 is 0. The van der Waals surface area contributed by atoms with E-state index in [9.17, 15) is 10.2 Å². The molecule has 0 aliphatic heterocycles. The molecule has 4 unspecified atom stereocenters. The van der Waals surface area contributed by atoms with Gasteiger partial charge in [0.25, 0.3) is 0 Å². The molecule has 0 radical (unpaired) electrons. The fourth-order valence-electron chi connectivity index (χ4n) is 6.51. The van der Waals surface area contributed by atoms with Crippen molar-refractivity contribution >= 4 is 0 Å². The van der Waals surface area contributed by atoms with Crippen molar-refractivity contribution in [1.29, 1.82) is 0 Å². The van der Waals surface area contributed by atoms with Crippen molar-refractivity contribution in [3.8, 4) is 5.75 Å². The highest BCUT2D eigenvalue weighted by molar-refractivity contribution is 5.45. The van der Waals surface area contributed by atoms with Gasteiger partial charge in [-0.2, -0.15) is 0 Å². The van der Waals surface area contributed by atoms with Crippen molar-refractivity contribution in [2.24, 2.45) is 23.2 Å². The van der Waals surface area contributed by atoms with Crippen LogP contribution in [0.25, 0.3) is 0 Å². The van der Waals surface area contributed by atoms with E-state index < -0.39 is 5.60 Å². The van der Waals surface area contributed by atoms with Crippen LogP contribution in [0.3, 0.4) is 0 Å². The van der Waals surface area contributed by atoms with E-state index in [0.717, 1.165) is 37.7 Å². The molecular formula is C22H30O2. The van der Waals surface area contributed by atoms with Crippen LogP contribution in [0.15, 0.2) is 24.8 Å². The Morgan fingerprint density at radius 3 is 2.71 bits per heavy atom. The third-order valence-corrected chi connectivity index (χ3v) is 7.94. The first-order valence-electron chi connectivity index (χ1n) is 9.49. The minimum Gasteiger partial charge on any atom is -0.508 e. The molecule has 4 rings (SSSR count). The summed E-state index contributed by atoms with van der Waals surface area (Å²) in [4.78, 5) is 0. The fourth-order valence-corrected chi connectivity index (χ4v) is 6.51. The van der Waals surface area contributed by atoms with Gasteiger partial charge in [0.15, 0.2) is 0 Å². The number of fused-ring (bicyclic) bond motifs is 5. The average molecular weight is 326 g/mol. The predicted octanol–water partition coefficient (Wildman–Crippen LogP) is 4.72. The number of phenols is 1. The van der Waals surface area contributed by atoms with Crippen LogP contribution < -0.4 is 0 Å². The number of hydrogen-bond donors (Lipinski definition) is 2. The topological polar surface area (TPSA) is 40.5 Å². The summed E-state index contributed by atoms with van der Waals surface area (Å²) in [6.07, 6.45) is 7.02. The highest BCUT2D eigenvalue weighted by Crippen LogP contribution is 2.65. The van der Waals surface area contributed by atoms with E-state index in [1.165, 1.54) is 11.1 Å². The molecule has 6 atom stereocenters. The molecule has 3 aliphatic rings. The number of rotatable bonds is 1. The zero-order chi connectivity index (χ0) is 17.3. The van der Waals surface area contributed by atoms with E-state index in [-0.39, 0.29) is 5.41 Å². The van der Waals surface area contributed by atoms with E-state index in [2.05, 4.69) is 26.5 Å². The van der Waals surface area contributed by atoms with Crippen LogP contribution in [0, 0.1) is 30.1 Å². The minimum absolute atomic E-state index is 0.0341. The SMILES string of the molecule is C=C[C@]1(O)CCC2C3C(CCC21C)c1cc(C)c(O)cc1C[C@H]3C. The molecule has 2 fully saturated rings. The standard InChI is InChI=1S/C22H30O2/c1-5-22(24)9-7-18-20-14(3)10-15-12-19(23)13(2)11-17(15)16(20)6-8-21(18,22)4/h5,11-12,14,16,18,20,23-24H,1,6-10H2,2-4H3/t14-,16?,18?,20?,21?,22+/m1/s1. The molecule has 2 saturated carbocycles. The van der Waals surface area contributed by atoms with Crippen LogP contribution in [-0.4, -0.2) is 15.8 Å². The molecule has 3 aliphatic carbocycles. The monoisotopic (exact) mass is 326 g/mol. The Morgan fingerprint density at radius 2 is 2.00 bits per heavy atom. The summed E-state index contributed by atoms with van der Waals surface area (Å²) < 4.78 is 0. The van der Waals surface area contributed by atoms with E-state index in [1.807, 2.05) is 19.1 Å². The van der Waals surface area contributed by atoms with Crippen molar-refractivity contribution < 1.29 is 10.2 Å². The number of benzene rings is 1. The van der Waals surface area contributed by atoms with E-state index in [1.54, 1.807) is 0 Å². The summed E-state index contributed by atoms with van der Waals surface area (Å²) in [6.45, 7) is 10.6. The fraction of sp³-hybridized carbons (Fsp3) is 0.636. The molecule has 0 heterocycles. The average Bonchev–Trinajstić information content (AvgIpc) is 2.82. The van der Waals surface area contributed by atoms with Gasteiger partial charge in [-0.25, -0.2) is 0 Å². The van der Waals surface area contributed by atoms with Gasteiger partial charge in [-0.15, -0.1) is 6.58 Å². The van der Waals surface area contributed by atoms with Crippen molar-refractivity contribution in [2.45, 2.75) is 64.4 Å². The van der Waals surface area contributed by atoms with Gasteiger partial charge in [0.2, 0.25) is 0 Å².